The Morgan fingerprint density at radius 1 is 1.05 bits per heavy atom. The monoisotopic (exact) mass is 290 g/mol. The van der Waals surface area contributed by atoms with Gasteiger partial charge < -0.3 is 4.90 Å². The molecule has 4 fully saturated rings. The quantitative estimate of drug-likeness (QED) is 0.846. The summed E-state index contributed by atoms with van der Waals surface area (Å²) in [6.07, 6.45) is 11.6. The molecule has 4 rings (SSSR count). The van der Waals surface area contributed by atoms with Crippen molar-refractivity contribution in [2.24, 2.45) is 17.8 Å². The fourth-order valence-electron chi connectivity index (χ4n) is 5.41. The average molecular weight is 290 g/mol. The van der Waals surface area contributed by atoms with Crippen molar-refractivity contribution in [3.63, 3.8) is 0 Å². The topological polar surface area (TPSA) is 32.3 Å². The SMILES string of the molecule is CC1CC(C)CC(N2C(=O)C3(CC3)NC2C2CCCC2)C1. The van der Waals surface area contributed by atoms with Crippen molar-refractivity contribution in [2.45, 2.75) is 89.4 Å². The van der Waals surface area contributed by atoms with Crippen LogP contribution in [0.1, 0.15) is 71.6 Å². The van der Waals surface area contributed by atoms with Crippen molar-refractivity contribution in [2.75, 3.05) is 0 Å². The van der Waals surface area contributed by atoms with Crippen LogP contribution in [0.4, 0.5) is 0 Å². The molecule has 0 radical (unpaired) electrons. The van der Waals surface area contributed by atoms with E-state index in [1.165, 1.54) is 44.9 Å². The number of nitrogens with one attached hydrogen (secondary N) is 1. The molecule has 1 amide bonds. The van der Waals surface area contributed by atoms with Gasteiger partial charge in [-0.2, -0.15) is 0 Å². The van der Waals surface area contributed by atoms with E-state index in [0.717, 1.165) is 24.7 Å². The highest BCUT2D eigenvalue weighted by Gasteiger charge is 2.61. The minimum absolute atomic E-state index is 0.128. The predicted molar refractivity (Wildman–Crippen MR) is 83.7 cm³/mol. The first-order valence-corrected chi connectivity index (χ1v) is 9.19. The fourth-order valence-corrected chi connectivity index (χ4v) is 5.41. The lowest BCUT2D eigenvalue weighted by Crippen LogP contribution is -2.50. The molecule has 1 saturated heterocycles. The second-order valence-corrected chi connectivity index (χ2v) is 8.50. The molecular weight excluding hydrogens is 260 g/mol. The number of carbonyl (C=O) groups excluding carboxylic acids is 1. The van der Waals surface area contributed by atoms with E-state index in [4.69, 9.17) is 0 Å². The minimum Gasteiger partial charge on any atom is -0.322 e. The van der Waals surface area contributed by atoms with Gasteiger partial charge in [0, 0.05) is 6.04 Å². The molecule has 4 aliphatic rings. The summed E-state index contributed by atoms with van der Waals surface area (Å²) in [6, 6.07) is 0.495. The number of hydrogen-bond donors (Lipinski definition) is 1. The number of amides is 1. The van der Waals surface area contributed by atoms with E-state index in [1.807, 2.05) is 0 Å². The Labute approximate surface area is 128 Å². The molecule has 3 heteroatoms. The van der Waals surface area contributed by atoms with E-state index in [1.54, 1.807) is 0 Å². The van der Waals surface area contributed by atoms with Gasteiger partial charge in [0.25, 0.3) is 0 Å². The van der Waals surface area contributed by atoms with Crippen LogP contribution in [0.5, 0.6) is 0 Å². The maximum absolute atomic E-state index is 13.0. The molecule has 1 N–H and O–H groups in total. The molecule has 21 heavy (non-hydrogen) atoms. The summed E-state index contributed by atoms with van der Waals surface area (Å²) in [5, 5.41) is 3.79. The highest BCUT2D eigenvalue weighted by atomic mass is 16.2. The minimum atomic E-state index is -0.128. The average Bonchev–Trinajstić information content (AvgIpc) is 2.90. The lowest BCUT2D eigenvalue weighted by atomic mass is 9.79. The molecule has 0 aromatic rings. The summed E-state index contributed by atoms with van der Waals surface area (Å²) in [7, 11) is 0. The summed E-state index contributed by atoms with van der Waals surface area (Å²) >= 11 is 0. The Kier molecular flexibility index (Phi) is 3.33. The largest absolute Gasteiger partial charge is 0.322 e. The molecule has 118 valence electrons. The van der Waals surface area contributed by atoms with Crippen molar-refractivity contribution in [3.05, 3.63) is 0 Å². The Morgan fingerprint density at radius 3 is 2.24 bits per heavy atom. The third-order valence-electron chi connectivity index (χ3n) is 6.51. The van der Waals surface area contributed by atoms with Crippen LogP contribution in [-0.4, -0.2) is 28.6 Å². The maximum atomic E-state index is 13.0. The number of rotatable bonds is 2. The molecule has 3 nitrogen and oxygen atoms in total. The molecule has 0 aromatic heterocycles. The van der Waals surface area contributed by atoms with Crippen LogP contribution in [0.25, 0.3) is 0 Å². The van der Waals surface area contributed by atoms with Gasteiger partial charge in [-0.1, -0.05) is 26.7 Å². The second-order valence-electron chi connectivity index (χ2n) is 8.50. The lowest BCUT2D eigenvalue weighted by molar-refractivity contribution is -0.135. The summed E-state index contributed by atoms with van der Waals surface area (Å²) in [6.45, 7) is 4.74. The van der Waals surface area contributed by atoms with Gasteiger partial charge in [0.15, 0.2) is 0 Å². The molecule has 1 spiro atoms. The van der Waals surface area contributed by atoms with Gasteiger partial charge >= 0.3 is 0 Å². The van der Waals surface area contributed by atoms with Gasteiger partial charge in [-0.3, -0.25) is 10.1 Å². The predicted octanol–water partition coefficient (Wildman–Crippen LogP) is 3.29. The van der Waals surface area contributed by atoms with Gasteiger partial charge in [0.05, 0.1) is 11.7 Å². The summed E-state index contributed by atoms with van der Waals surface area (Å²) in [5.74, 6) is 2.70. The summed E-state index contributed by atoms with van der Waals surface area (Å²) < 4.78 is 0. The van der Waals surface area contributed by atoms with Gasteiger partial charge in [-0.05, 0) is 62.7 Å². The Morgan fingerprint density at radius 2 is 1.67 bits per heavy atom. The Balaban J connectivity index is 1.58. The first kappa shape index (κ1) is 14.0. The third-order valence-corrected chi connectivity index (χ3v) is 6.51. The molecule has 3 unspecified atom stereocenters. The highest BCUT2D eigenvalue weighted by Crippen LogP contribution is 2.48. The van der Waals surface area contributed by atoms with E-state index in [2.05, 4.69) is 24.1 Å². The molecule has 1 heterocycles. The molecule has 0 aromatic carbocycles. The molecule has 3 aliphatic carbocycles. The van der Waals surface area contributed by atoms with E-state index in [-0.39, 0.29) is 5.54 Å². The zero-order valence-electron chi connectivity index (χ0n) is 13.6. The number of hydrogen-bond acceptors (Lipinski definition) is 2. The number of carbonyl (C=O) groups is 1. The number of nitrogens with zero attached hydrogens (tertiary/aromatic N) is 1. The van der Waals surface area contributed by atoms with E-state index >= 15 is 0 Å². The van der Waals surface area contributed by atoms with Crippen molar-refractivity contribution in [1.82, 2.24) is 10.2 Å². The maximum Gasteiger partial charge on any atom is 0.244 e. The van der Waals surface area contributed by atoms with Gasteiger partial charge in [-0.25, -0.2) is 0 Å². The molecule has 1 aliphatic heterocycles. The molecule has 3 atom stereocenters. The smallest absolute Gasteiger partial charge is 0.244 e. The van der Waals surface area contributed by atoms with Crippen LogP contribution < -0.4 is 5.32 Å². The normalized spacial score (nSPS) is 43.0. The lowest BCUT2D eigenvalue weighted by Gasteiger charge is -2.41. The van der Waals surface area contributed by atoms with E-state index in [9.17, 15) is 4.79 Å². The Bertz CT molecular complexity index is 415. The second kappa shape index (κ2) is 4.97. The first-order valence-electron chi connectivity index (χ1n) is 9.19. The summed E-state index contributed by atoms with van der Waals surface area (Å²) in [4.78, 5) is 15.4. The zero-order valence-corrected chi connectivity index (χ0v) is 13.6. The molecule has 3 saturated carbocycles. The van der Waals surface area contributed by atoms with Crippen LogP contribution in [0, 0.1) is 17.8 Å². The molecule has 0 bridgehead atoms. The van der Waals surface area contributed by atoms with Crippen LogP contribution >= 0.6 is 0 Å². The van der Waals surface area contributed by atoms with E-state index < -0.39 is 0 Å². The standard InChI is InChI=1S/C18H30N2O/c1-12-9-13(2)11-15(10-12)20-16(14-5-3-4-6-14)19-18(7-8-18)17(20)21/h12-16,19H,3-11H2,1-2H3. The van der Waals surface area contributed by atoms with Crippen LogP contribution in [0.3, 0.4) is 0 Å². The fraction of sp³-hybridized carbons (Fsp3) is 0.944. The van der Waals surface area contributed by atoms with Crippen molar-refractivity contribution in [1.29, 1.82) is 0 Å². The van der Waals surface area contributed by atoms with Gasteiger partial charge in [-0.15, -0.1) is 0 Å². The van der Waals surface area contributed by atoms with Crippen molar-refractivity contribution in [3.8, 4) is 0 Å². The summed E-state index contributed by atoms with van der Waals surface area (Å²) in [5.41, 5.74) is -0.128. The van der Waals surface area contributed by atoms with Gasteiger partial charge in [0.1, 0.15) is 0 Å². The zero-order chi connectivity index (χ0) is 14.6. The van der Waals surface area contributed by atoms with Crippen LogP contribution in [-0.2, 0) is 4.79 Å². The van der Waals surface area contributed by atoms with Crippen molar-refractivity contribution >= 4 is 5.91 Å². The van der Waals surface area contributed by atoms with Crippen LogP contribution in [0.2, 0.25) is 0 Å². The first-order chi connectivity index (χ1) is 10.1. The van der Waals surface area contributed by atoms with E-state index in [0.29, 0.717) is 24.0 Å². The van der Waals surface area contributed by atoms with Crippen LogP contribution in [0.15, 0.2) is 0 Å². The van der Waals surface area contributed by atoms with Crippen molar-refractivity contribution < 1.29 is 4.79 Å². The van der Waals surface area contributed by atoms with Gasteiger partial charge in [0.2, 0.25) is 5.91 Å². The highest BCUT2D eigenvalue weighted by molar-refractivity contribution is 5.92. The Hall–Kier alpha value is -0.570. The molecular formula is C18H30N2O. The third kappa shape index (κ3) is 2.32.